The van der Waals surface area contributed by atoms with Gasteiger partial charge in [-0.15, -0.1) is 0 Å². The Kier molecular flexibility index (Phi) is 4.37. The van der Waals surface area contributed by atoms with Crippen molar-refractivity contribution in [1.82, 2.24) is 9.88 Å². The molecule has 1 saturated carbocycles. The molecule has 120 valence electrons. The molecule has 4 heteroatoms. The normalized spacial score (nSPS) is 19.9. The first-order chi connectivity index (χ1) is 10.6. The lowest BCUT2D eigenvalue weighted by molar-refractivity contribution is 0.0826. The van der Waals surface area contributed by atoms with E-state index in [0.717, 1.165) is 36.4 Å². The number of aromatic nitrogens is 1. The van der Waals surface area contributed by atoms with Gasteiger partial charge < -0.3 is 9.80 Å². The Morgan fingerprint density at radius 2 is 1.77 bits per heavy atom. The van der Waals surface area contributed by atoms with Gasteiger partial charge in [-0.1, -0.05) is 19.3 Å². The zero-order chi connectivity index (χ0) is 15.7. The van der Waals surface area contributed by atoms with E-state index in [2.05, 4.69) is 9.88 Å². The third-order valence-corrected chi connectivity index (χ3v) is 5.39. The molecule has 1 amide bonds. The summed E-state index contributed by atoms with van der Waals surface area (Å²) in [5.41, 5.74) is 1.54. The van der Waals surface area contributed by atoms with E-state index in [0.29, 0.717) is 5.56 Å². The number of amides is 1. The number of hydrogen-bond acceptors (Lipinski definition) is 3. The molecule has 2 fully saturated rings. The summed E-state index contributed by atoms with van der Waals surface area (Å²) in [6, 6.07) is 3.94. The van der Waals surface area contributed by atoms with Crippen LogP contribution in [-0.4, -0.2) is 43.0 Å². The molecule has 22 heavy (non-hydrogen) atoms. The van der Waals surface area contributed by atoms with E-state index >= 15 is 0 Å². The van der Waals surface area contributed by atoms with Crippen molar-refractivity contribution in [3.8, 4) is 0 Å². The number of aryl methyl sites for hydroxylation is 1. The van der Waals surface area contributed by atoms with Crippen LogP contribution in [0.15, 0.2) is 12.1 Å². The van der Waals surface area contributed by atoms with E-state index in [-0.39, 0.29) is 5.91 Å². The standard InChI is InChI=1S/C18H27N3O/c1-13-16(18(22)20(2)3)7-8-17(19-13)21-11-9-15(10-12-21)14-5-4-6-14/h7-8,14-15H,4-6,9-12H2,1-3H3. The summed E-state index contributed by atoms with van der Waals surface area (Å²) in [7, 11) is 3.56. The van der Waals surface area contributed by atoms with Gasteiger partial charge in [0.2, 0.25) is 0 Å². The van der Waals surface area contributed by atoms with E-state index in [1.54, 1.807) is 19.0 Å². The summed E-state index contributed by atoms with van der Waals surface area (Å²) in [5.74, 6) is 2.98. The third-order valence-electron chi connectivity index (χ3n) is 5.39. The largest absolute Gasteiger partial charge is 0.357 e. The fraction of sp³-hybridized carbons (Fsp3) is 0.667. The highest BCUT2D eigenvalue weighted by molar-refractivity contribution is 5.95. The van der Waals surface area contributed by atoms with E-state index in [9.17, 15) is 4.79 Å². The van der Waals surface area contributed by atoms with Gasteiger partial charge in [-0.05, 0) is 43.7 Å². The van der Waals surface area contributed by atoms with Crippen LogP contribution in [0.4, 0.5) is 5.82 Å². The molecule has 0 radical (unpaired) electrons. The number of pyridine rings is 1. The lowest BCUT2D eigenvalue weighted by atomic mass is 9.72. The van der Waals surface area contributed by atoms with Gasteiger partial charge in [0.15, 0.2) is 0 Å². The maximum absolute atomic E-state index is 12.1. The van der Waals surface area contributed by atoms with Crippen LogP contribution in [0.1, 0.15) is 48.2 Å². The Labute approximate surface area is 133 Å². The zero-order valence-electron chi connectivity index (χ0n) is 14.0. The van der Waals surface area contributed by atoms with Crippen LogP contribution in [0.25, 0.3) is 0 Å². The number of nitrogens with zero attached hydrogens (tertiary/aromatic N) is 3. The molecule has 3 rings (SSSR count). The van der Waals surface area contributed by atoms with Gasteiger partial charge in [0.25, 0.3) is 5.91 Å². The lowest BCUT2D eigenvalue weighted by Gasteiger charge is -2.40. The van der Waals surface area contributed by atoms with Crippen molar-refractivity contribution in [3.63, 3.8) is 0 Å². The van der Waals surface area contributed by atoms with Gasteiger partial charge in [-0.3, -0.25) is 4.79 Å². The predicted molar refractivity (Wildman–Crippen MR) is 89.3 cm³/mol. The molecule has 0 aromatic carbocycles. The summed E-state index contributed by atoms with van der Waals surface area (Å²) in [6.45, 7) is 4.14. The van der Waals surface area contributed by atoms with Crippen LogP contribution >= 0.6 is 0 Å². The summed E-state index contributed by atoms with van der Waals surface area (Å²) in [5, 5.41) is 0. The average molecular weight is 301 g/mol. The first kappa shape index (κ1) is 15.3. The quantitative estimate of drug-likeness (QED) is 0.860. The molecule has 2 aliphatic rings. The molecule has 1 aromatic rings. The van der Waals surface area contributed by atoms with Gasteiger partial charge in [-0.2, -0.15) is 0 Å². The van der Waals surface area contributed by atoms with Crippen LogP contribution < -0.4 is 4.90 Å². The molecular weight excluding hydrogens is 274 g/mol. The maximum Gasteiger partial charge on any atom is 0.255 e. The van der Waals surface area contributed by atoms with Crippen molar-refractivity contribution >= 4 is 11.7 Å². The number of hydrogen-bond donors (Lipinski definition) is 0. The third kappa shape index (κ3) is 2.96. The fourth-order valence-corrected chi connectivity index (χ4v) is 3.70. The Bertz CT molecular complexity index is 543. The van der Waals surface area contributed by atoms with Crippen molar-refractivity contribution in [2.45, 2.75) is 39.0 Å². The number of carbonyl (C=O) groups excluding carboxylic acids is 1. The van der Waals surface area contributed by atoms with Crippen LogP contribution in [0, 0.1) is 18.8 Å². The van der Waals surface area contributed by atoms with Gasteiger partial charge >= 0.3 is 0 Å². The minimum atomic E-state index is 0.0280. The molecule has 0 spiro atoms. The van der Waals surface area contributed by atoms with E-state index in [4.69, 9.17) is 0 Å². The second-order valence-electron chi connectivity index (χ2n) is 7.02. The van der Waals surface area contributed by atoms with Crippen molar-refractivity contribution in [2.75, 3.05) is 32.1 Å². The highest BCUT2D eigenvalue weighted by Gasteiger charge is 2.30. The van der Waals surface area contributed by atoms with Crippen LogP contribution in [0.5, 0.6) is 0 Å². The molecule has 0 unspecified atom stereocenters. The van der Waals surface area contributed by atoms with Gasteiger partial charge in [0.05, 0.1) is 11.3 Å². The van der Waals surface area contributed by atoms with E-state index in [1.165, 1.54) is 32.1 Å². The molecule has 0 atom stereocenters. The van der Waals surface area contributed by atoms with E-state index in [1.807, 2.05) is 19.1 Å². The Balaban J connectivity index is 1.65. The summed E-state index contributed by atoms with van der Waals surface area (Å²) in [4.78, 5) is 20.8. The van der Waals surface area contributed by atoms with Crippen molar-refractivity contribution < 1.29 is 4.79 Å². The van der Waals surface area contributed by atoms with Crippen molar-refractivity contribution in [1.29, 1.82) is 0 Å². The second-order valence-corrected chi connectivity index (χ2v) is 7.02. The molecule has 0 bridgehead atoms. The molecule has 4 nitrogen and oxygen atoms in total. The lowest BCUT2D eigenvalue weighted by Crippen LogP contribution is -2.38. The average Bonchev–Trinajstić information content (AvgIpc) is 2.45. The fourth-order valence-electron chi connectivity index (χ4n) is 3.70. The predicted octanol–water partition coefficient (Wildman–Crippen LogP) is 3.11. The minimum absolute atomic E-state index is 0.0280. The zero-order valence-corrected chi connectivity index (χ0v) is 14.0. The van der Waals surface area contributed by atoms with Crippen LogP contribution in [0.3, 0.4) is 0 Å². The van der Waals surface area contributed by atoms with Crippen molar-refractivity contribution in [3.05, 3.63) is 23.4 Å². The number of anilines is 1. The topological polar surface area (TPSA) is 36.4 Å². The Morgan fingerprint density at radius 3 is 2.27 bits per heavy atom. The Hall–Kier alpha value is -1.58. The summed E-state index contributed by atoms with van der Waals surface area (Å²) < 4.78 is 0. The first-order valence-corrected chi connectivity index (χ1v) is 8.50. The van der Waals surface area contributed by atoms with Gasteiger partial charge in [0, 0.05) is 27.2 Å². The Morgan fingerprint density at radius 1 is 1.14 bits per heavy atom. The van der Waals surface area contributed by atoms with Crippen LogP contribution in [0.2, 0.25) is 0 Å². The highest BCUT2D eigenvalue weighted by atomic mass is 16.2. The molecule has 1 aliphatic carbocycles. The molecule has 2 heterocycles. The molecular formula is C18H27N3O. The smallest absolute Gasteiger partial charge is 0.255 e. The summed E-state index contributed by atoms with van der Waals surface area (Å²) in [6.07, 6.45) is 6.92. The number of piperidine rings is 1. The molecule has 1 saturated heterocycles. The second kappa shape index (κ2) is 6.27. The van der Waals surface area contributed by atoms with Gasteiger partial charge in [-0.25, -0.2) is 4.98 Å². The SMILES string of the molecule is Cc1nc(N2CCC(C3CCC3)CC2)ccc1C(=O)N(C)C. The van der Waals surface area contributed by atoms with Crippen molar-refractivity contribution in [2.24, 2.45) is 11.8 Å². The summed E-state index contributed by atoms with van der Waals surface area (Å²) >= 11 is 0. The monoisotopic (exact) mass is 301 g/mol. The van der Waals surface area contributed by atoms with Gasteiger partial charge in [0.1, 0.15) is 5.82 Å². The first-order valence-electron chi connectivity index (χ1n) is 8.50. The molecule has 0 N–H and O–H groups in total. The number of carbonyl (C=O) groups is 1. The number of rotatable bonds is 3. The maximum atomic E-state index is 12.1. The minimum Gasteiger partial charge on any atom is -0.357 e. The highest BCUT2D eigenvalue weighted by Crippen LogP contribution is 2.39. The molecule has 1 aliphatic heterocycles. The molecule has 1 aromatic heterocycles. The van der Waals surface area contributed by atoms with E-state index < -0.39 is 0 Å². The van der Waals surface area contributed by atoms with Crippen LogP contribution in [-0.2, 0) is 0 Å².